The molecule has 0 radical (unpaired) electrons. The molecule has 0 saturated carbocycles. The highest BCUT2D eigenvalue weighted by molar-refractivity contribution is 5.76. The number of rotatable bonds is 28. The maximum Gasteiger partial charge on any atom is 0.364 e. The van der Waals surface area contributed by atoms with Gasteiger partial charge in [0.1, 0.15) is 116 Å². The van der Waals surface area contributed by atoms with E-state index in [0.717, 1.165) is 52.4 Å². The summed E-state index contributed by atoms with van der Waals surface area (Å²) < 4.78 is 58.9. The van der Waals surface area contributed by atoms with Gasteiger partial charge in [-0.15, -0.1) is 12.3 Å². The van der Waals surface area contributed by atoms with Crippen LogP contribution in [0.25, 0.3) is 0 Å². The molecule has 0 spiro atoms. The number of carboxylic acid groups (broad SMARTS) is 1. The van der Waals surface area contributed by atoms with Gasteiger partial charge in [0.15, 0.2) is 25.2 Å². The molecule has 31 heteroatoms. The highest BCUT2D eigenvalue weighted by Crippen LogP contribution is 2.41. The number of aliphatic hydroxyl groups excluding tert-OH is 15. The van der Waals surface area contributed by atoms with Gasteiger partial charge in [0, 0.05) is 33.3 Å². The number of carbonyl (C=O) groups excluding carboxylic acids is 2. The summed E-state index contributed by atoms with van der Waals surface area (Å²) in [4.78, 5) is 38.8. The summed E-state index contributed by atoms with van der Waals surface area (Å²) in [5.74, 6) is -4.60. The van der Waals surface area contributed by atoms with Crippen LogP contribution in [0.2, 0.25) is 0 Å². The van der Waals surface area contributed by atoms with Crippen molar-refractivity contribution in [3.05, 3.63) is 0 Å². The standard InChI is InChI=1S/C48H80N2O29/c1-4-5-6-7-8-9-10-11-12-13-70-44-36(66)34(64)38(26(18-54)73-44)75-46-37(67)42(79-48(47(68)69)14-22(58)28(49-20(2)56)41(78-48)30(60)23(59)15-51)39(27(19-55)74-46)76-43-29(50-21(3)57)40(32(62)25(17-53)71-43)77-45-35(65)33(63)31(61)24(16-52)72-45/h1,22-46,51-55,58-67H,5-19H2,2-3H3,(H,49,56)(H,50,57)(H,68,69)/t22-,23+,24+,25+,26+,27+,28+,29+,30+,31-,32-,33-,34+,35+,36+,37+,38+,39-,40+,41+,42+,43-,44+,45-,46-,48-/m0/s1. The fraction of sp³-hybridized carbons (Fsp3) is 0.896. The number of unbranched alkanes of at least 4 members (excludes halogenated alkanes) is 7. The van der Waals surface area contributed by atoms with Gasteiger partial charge in [-0.25, -0.2) is 4.79 Å². The lowest BCUT2D eigenvalue weighted by Gasteiger charge is -2.52. The van der Waals surface area contributed by atoms with Gasteiger partial charge in [0.2, 0.25) is 11.8 Å². The first-order valence-corrected chi connectivity index (χ1v) is 26.1. The summed E-state index contributed by atoms with van der Waals surface area (Å²) in [5, 5.41) is 179. The number of carboxylic acids is 1. The maximum atomic E-state index is 13.6. The molecule has 0 aromatic heterocycles. The van der Waals surface area contributed by atoms with Crippen molar-refractivity contribution >= 4 is 17.8 Å². The number of amides is 2. The van der Waals surface area contributed by atoms with Crippen LogP contribution in [0.5, 0.6) is 0 Å². The van der Waals surface area contributed by atoms with Crippen LogP contribution in [0.4, 0.5) is 0 Å². The molecule has 18 N–H and O–H groups in total. The SMILES string of the molecule is C#CCCCCCCCCCO[C@@H]1O[C@H](CO)[C@@H](O[C@@H]2O[C@H](CO)[C@H](O[C@@H]3O[C@H](CO)[C@H](O)[C@H](O[C@@H]4O[C@H](CO)[C@H](O)[C@H](O)[C@H]4O)[C@H]3NC(C)=O)[C@H](O[C@]3(C(=O)O)C[C@H](O)[C@@H](NC(C)=O)[C@H]([C@H](O)[C@H](O)CO)O3)[C@H]2O)[C@H](O)[C@H]1O. The van der Waals surface area contributed by atoms with E-state index in [0.29, 0.717) is 12.8 Å². The molecule has 5 saturated heterocycles. The zero-order chi connectivity index (χ0) is 58.5. The second-order valence-corrected chi connectivity index (χ2v) is 20.1. The Hall–Kier alpha value is -3.03. The Labute approximate surface area is 453 Å². The minimum Gasteiger partial charge on any atom is -0.477 e. The normalized spacial score (nSPS) is 41.6. The van der Waals surface area contributed by atoms with Gasteiger partial charge in [-0.05, 0) is 12.8 Å². The van der Waals surface area contributed by atoms with Crippen LogP contribution in [0.1, 0.15) is 71.6 Å². The molecule has 0 aromatic carbocycles. The van der Waals surface area contributed by atoms with Crippen molar-refractivity contribution in [2.45, 2.75) is 231 Å². The van der Waals surface area contributed by atoms with E-state index in [1.54, 1.807) is 0 Å². The maximum absolute atomic E-state index is 13.6. The molecule has 79 heavy (non-hydrogen) atoms. The third kappa shape index (κ3) is 16.4. The molecule has 26 atom stereocenters. The van der Waals surface area contributed by atoms with Crippen LogP contribution in [0, 0.1) is 12.3 Å². The van der Waals surface area contributed by atoms with E-state index < -0.39 is 216 Å². The zero-order valence-electron chi connectivity index (χ0n) is 43.6. The smallest absolute Gasteiger partial charge is 0.364 e. The number of nitrogens with one attached hydrogen (secondary N) is 2. The van der Waals surface area contributed by atoms with Crippen LogP contribution in [0.15, 0.2) is 0 Å². The fourth-order valence-corrected chi connectivity index (χ4v) is 10.1. The summed E-state index contributed by atoms with van der Waals surface area (Å²) in [6, 6.07) is -3.59. The Bertz CT molecular complexity index is 1920. The monoisotopic (exact) mass is 1150 g/mol. The van der Waals surface area contributed by atoms with Crippen LogP contribution < -0.4 is 10.6 Å². The average molecular weight is 1150 g/mol. The molecular weight excluding hydrogens is 1070 g/mol. The lowest BCUT2D eigenvalue weighted by Crippen LogP contribution is -2.72. The molecule has 5 rings (SSSR count). The molecule has 5 aliphatic heterocycles. The van der Waals surface area contributed by atoms with Gasteiger partial charge >= 0.3 is 5.97 Å². The molecular formula is C48H80N2O29. The topological polar surface area (TPSA) is 491 Å². The van der Waals surface area contributed by atoms with Crippen molar-refractivity contribution in [2.24, 2.45) is 0 Å². The fourth-order valence-electron chi connectivity index (χ4n) is 10.1. The Kier molecular flexibility index (Phi) is 26.2. The molecule has 0 aliphatic carbocycles. The third-order valence-electron chi connectivity index (χ3n) is 14.3. The molecule has 0 aromatic rings. The molecule has 5 heterocycles. The number of terminal acetylenes is 1. The number of ether oxygens (including phenoxy) is 10. The largest absolute Gasteiger partial charge is 0.477 e. The van der Waals surface area contributed by atoms with Crippen molar-refractivity contribution in [3.63, 3.8) is 0 Å². The van der Waals surface area contributed by atoms with Crippen LogP contribution in [-0.2, 0) is 61.8 Å². The summed E-state index contributed by atoms with van der Waals surface area (Å²) in [7, 11) is 0. The molecule has 5 fully saturated rings. The van der Waals surface area contributed by atoms with E-state index in [-0.39, 0.29) is 6.61 Å². The van der Waals surface area contributed by atoms with Crippen molar-refractivity contribution in [1.29, 1.82) is 0 Å². The van der Waals surface area contributed by atoms with Crippen molar-refractivity contribution in [2.75, 3.05) is 39.6 Å². The molecule has 456 valence electrons. The number of hydrogen-bond acceptors (Lipinski definition) is 28. The quantitative estimate of drug-likeness (QED) is 0.0255. The molecule has 5 aliphatic rings. The number of aliphatic carboxylic acids is 1. The Morgan fingerprint density at radius 2 is 1.08 bits per heavy atom. The van der Waals surface area contributed by atoms with Crippen LogP contribution >= 0.6 is 0 Å². The minimum atomic E-state index is -3.32. The van der Waals surface area contributed by atoms with E-state index in [1.165, 1.54) is 0 Å². The van der Waals surface area contributed by atoms with Gasteiger partial charge in [-0.2, -0.15) is 0 Å². The second kappa shape index (κ2) is 31.0. The Morgan fingerprint density at radius 1 is 0.582 bits per heavy atom. The second-order valence-electron chi connectivity index (χ2n) is 20.1. The summed E-state index contributed by atoms with van der Waals surface area (Å²) >= 11 is 0. The van der Waals surface area contributed by atoms with Crippen molar-refractivity contribution in [3.8, 4) is 12.3 Å². The van der Waals surface area contributed by atoms with Crippen LogP contribution in [-0.4, -0.2) is 298 Å². The summed E-state index contributed by atoms with van der Waals surface area (Å²) in [6.07, 6.45) is -35.3. The molecule has 2 amide bonds. The highest BCUT2D eigenvalue weighted by Gasteiger charge is 2.62. The van der Waals surface area contributed by atoms with Crippen LogP contribution in [0.3, 0.4) is 0 Å². The molecule has 0 bridgehead atoms. The number of hydrogen-bond donors (Lipinski definition) is 18. The van der Waals surface area contributed by atoms with E-state index in [1.807, 2.05) is 0 Å². The number of aliphatic hydroxyl groups is 15. The van der Waals surface area contributed by atoms with E-state index in [4.69, 9.17) is 53.8 Å². The average Bonchev–Trinajstić information content (AvgIpc) is 3.45. The first-order chi connectivity index (χ1) is 37.5. The summed E-state index contributed by atoms with van der Waals surface area (Å²) in [5.41, 5.74) is 0. The van der Waals surface area contributed by atoms with Gasteiger partial charge in [-0.3, -0.25) is 9.59 Å². The first kappa shape index (κ1) is 66.8. The first-order valence-electron chi connectivity index (χ1n) is 26.1. The lowest BCUT2D eigenvalue weighted by atomic mass is 9.88. The van der Waals surface area contributed by atoms with Gasteiger partial charge in [0.05, 0.1) is 45.2 Å². The lowest BCUT2D eigenvalue weighted by molar-refractivity contribution is -0.403. The van der Waals surface area contributed by atoms with Gasteiger partial charge < -0.3 is 140 Å². The van der Waals surface area contributed by atoms with E-state index in [9.17, 15) is 96.1 Å². The van der Waals surface area contributed by atoms with Gasteiger partial charge in [0.25, 0.3) is 5.79 Å². The minimum absolute atomic E-state index is 0.0644. The Morgan fingerprint density at radius 3 is 1.66 bits per heavy atom. The highest BCUT2D eigenvalue weighted by atomic mass is 16.8. The van der Waals surface area contributed by atoms with Crippen molar-refractivity contribution in [1.82, 2.24) is 10.6 Å². The predicted octanol–water partition coefficient (Wildman–Crippen LogP) is -8.65. The Balaban J connectivity index is 1.51. The third-order valence-corrected chi connectivity index (χ3v) is 14.3. The zero-order valence-corrected chi connectivity index (χ0v) is 43.6. The molecule has 31 nitrogen and oxygen atoms in total. The summed E-state index contributed by atoms with van der Waals surface area (Å²) in [6.45, 7) is -3.26. The van der Waals surface area contributed by atoms with E-state index in [2.05, 4.69) is 16.6 Å². The van der Waals surface area contributed by atoms with Gasteiger partial charge in [-0.1, -0.05) is 32.1 Å². The number of carbonyl (C=O) groups is 3. The van der Waals surface area contributed by atoms with Crippen molar-refractivity contribution < 1.29 is 143 Å². The van der Waals surface area contributed by atoms with E-state index >= 15 is 0 Å². The predicted molar refractivity (Wildman–Crippen MR) is 256 cm³/mol. The molecule has 0 unspecified atom stereocenters.